The van der Waals surface area contributed by atoms with E-state index in [1.165, 1.54) is 11.8 Å². The molecule has 2 heterocycles. The maximum atomic E-state index is 12.3. The summed E-state index contributed by atoms with van der Waals surface area (Å²) in [4.78, 5) is 36.8. The average Bonchev–Trinajstić information content (AvgIpc) is 2.92. The number of amides is 2. The first-order valence-electron chi connectivity index (χ1n) is 7.71. The molecule has 24 heavy (non-hydrogen) atoms. The summed E-state index contributed by atoms with van der Waals surface area (Å²) in [5.41, 5.74) is 0. The van der Waals surface area contributed by atoms with Crippen molar-refractivity contribution in [3.05, 3.63) is 11.8 Å². The number of carbonyl (C=O) groups is 3. The molecule has 9 heteroatoms. The lowest BCUT2D eigenvalue weighted by atomic mass is 9.90. The molecule has 1 aliphatic heterocycles. The molecule has 1 fully saturated rings. The van der Waals surface area contributed by atoms with Gasteiger partial charge in [0.25, 0.3) is 0 Å². The number of rotatable bonds is 6. The average molecular weight is 355 g/mol. The molecule has 0 radical (unpaired) electrons. The molecule has 0 unspecified atom stereocenters. The summed E-state index contributed by atoms with van der Waals surface area (Å²) in [7, 11) is 0. The van der Waals surface area contributed by atoms with Crippen molar-refractivity contribution >= 4 is 35.4 Å². The highest BCUT2D eigenvalue weighted by Gasteiger charge is 2.35. The molecular formula is C15H21N3O5S. The molecule has 1 aromatic rings. The van der Waals surface area contributed by atoms with E-state index in [0.717, 1.165) is 0 Å². The third-order valence-corrected chi connectivity index (χ3v) is 4.90. The number of thioether (sulfide) groups is 1. The van der Waals surface area contributed by atoms with Crippen molar-refractivity contribution in [2.24, 2.45) is 5.92 Å². The monoisotopic (exact) mass is 355 g/mol. The van der Waals surface area contributed by atoms with Crippen molar-refractivity contribution in [3.8, 4) is 0 Å². The number of hydrogen-bond donors (Lipinski definition) is 2. The summed E-state index contributed by atoms with van der Waals surface area (Å²) in [6.45, 7) is 4.05. The minimum atomic E-state index is -0.866. The number of likely N-dealkylation sites (tertiary alicyclic amines) is 1. The van der Waals surface area contributed by atoms with Crippen molar-refractivity contribution in [2.45, 2.75) is 32.7 Å². The fourth-order valence-corrected chi connectivity index (χ4v) is 3.44. The molecule has 132 valence electrons. The van der Waals surface area contributed by atoms with Crippen LogP contribution in [-0.2, 0) is 14.4 Å². The molecule has 0 aromatic carbocycles. The Kier molecular flexibility index (Phi) is 6.24. The zero-order chi connectivity index (χ0) is 17.7. The minimum absolute atomic E-state index is 0.113. The number of aryl methyl sites for hydroxylation is 1. The van der Waals surface area contributed by atoms with Gasteiger partial charge in [-0.1, -0.05) is 5.16 Å². The lowest BCUT2D eigenvalue weighted by Crippen LogP contribution is -2.49. The van der Waals surface area contributed by atoms with Crippen molar-refractivity contribution < 1.29 is 24.0 Å². The molecular weight excluding hydrogens is 334 g/mol. The molecule has 0 saturated carbocycles. The summed E-state index contributed by atoms with van der Waals surface area (Å²) in [6.07, 6.45) is 1.27. The van der Waals surface area contributed by atoms with Crippen LogP contribution >= 0.6 is 11.8 Å². The second-order valence-corrected chi connectivity index (χ2v) is 6.76. The highest BCUT2D eigenvalue weighted by atomic mass is 32.2. The molecule has 2 rings (SSSR count). The van der Waals surface area contributed by atoms with Crippen LogP contribution in [-0.4, -0.2) is 57.0 Å². The number of hydrogen-bond acceptors (Lipinski definition) is 6. The molecule has 0 bridgehead atoms. The van der Waals surface area contributed by atoms with Gasteiger partial charge in [0.2, 0.25) is 11.8 Å². The summed E-state index contributed by atoms with van der Waals surface area (Å²) in [5.74, 6) is -0.593. The fourth-order valence-electron chi connectivity index (χ4n) is 2.74. The number of aliphatic carboxylic acids is 1. The van der Waals surface area contributed by atoms with Crippen LogP contribution in [0.2, 0.25) is 0 Å². The predicted octanol–water partition coefficient (Wildman–Crippen LogP) is 1.37. The Balaban J connectivity index is 1.76. The van der Waals surface area contributed by atoms with E-state index in [1.54, 1.807) is 24.8 Å². The Bertz CT molecular complexity index is 618. The Labute approximate surface area is 143 Å². The first-order valence-corrected chi connectivity index (χ1v) is 8.87. The van der Waals surface area contributed by atoms with Crippen LogP contribution in [0.15, 0.2) is 10.6 Å². The Morgan fingerprint density at radius 2 is 2.21 bits per heavy atom. The third kappa shape index (κ3) is 4.73. The van der Waals surface area contributed by atoms with Gasteiger partial charge < -0.3 is 19.8 Å². The second-order valence-electron chi connectivity index (χ2n) is 5.78. The molecule has 1 aromatic heterocycles. The van der Waals surface area contributed by atoms with E-state index in [2.05, 4.69) is 10.5 Å². The summed E-state index contributed by atoms with van der Waals surface area (Å²) in [6, 6.07) is 1.28. The quantitative estimate of drug-likeness (QED) is 0.792. The zero-order valence-corrected chi connectivity index (χ0v) is 14.5. The number of anilines is 1. The van der Waals surface area contributed by atoms with Gasteiger partial charge in [-0.2, -0.15) is 0 Å². The first-order chi connectivity index (χ1) is 11.4. The maximum Gasteiger partial charge on any atom is 0.308 e. The topological polar surface area (TPSA) is 113 Å². The Morgan fingerprint density at radius 1 is 1.46 bits per heavy atom. The molecule has 0 aliphatic carbocycles. The van der Waals surface area contributed by atoms with Crippen molar-refractivity contribution in [2.75, 3.05) is 23.4 Å². The first kappa shape index (κ1) is 18.3. The number of nitrogens with zero attached hydrogens (tertiary/aromatic N) is 2. The number of aromatic nitrogens is 1. The van der Waals surface area contributed by atoms with E-state index >= 15 is 0 Å². The molecule has 2 amide bonds. The normalized spacial score (nSPS) is 20.7. The smallest absolute Gasteiger partial charge is 0.308 e. The molecule has 2 N–H and O–H groups in total. The largest absolute Gasteiger partial charge is 0.481 e. The van der Waals surface area contributed by atoms with Crippen molar-refractivity contribution in [3.63, 3.8) is 0 Å². The molecule has 1 aliphatic rings. The molecule has 1 saturated heterocycles. The van der Waals surface area contributed by atoms with Crippen LogP contribution in [0.3, 0.4) is 0 Å². The van der Waals surface area contributed by atoms with Gasteiger partial charge in [0.05, 0.1) is 17.4 Å². The van der Waals surface area contributed by atoms with Gasteiger partial charge in [-0.05, 0) is 26.7 Å². The maximum absolute atomic E-state index is 12.3. The van der Waals surface area contributed by atoms with E-state index < -0.39 is 11.9 Å². The fraction of sp³-hybridized carbons (Fsp3) is 0.600. The predicted molar refractivity (Wildman–Crippen MR) is 88.7 cm³/mol. The van der Waals surface area contributed by atoms with Crippen LogP contribution in [0.1, 0.15) is 25.5 Å². The van der Waals surface area contributed by atoms with Crippen molar-refractivity contribution in [1.29, 1.82) is 0 Å². The summed E-state index contributed by atoms with van der Waals surface area (Å²) >= 11 is 1.19. The number of carboxylic acid groups (broad SMARTS) is 1. The van der Waals surface area contributed by atoms with Gasteiger partial charge in [-0.25, -0.2) is 0 Å². The minimum Gasteiger partial charge on any atom is -0.481 e. The second kappa shape index (κ2) is 8.18. The molecule has 2 atom stereocenters. The van der Waals surface area contributed by atoms with E-state index in [9.17, 15) is 19.5 Å². The van der Waals surface area contributed by atoms with E-state index in [1.807, 2.05) is 0 Å². The number of piperidine rings is 1. The SMILES string of the molecule is Cc1cc(NC(=O)CSCC(=O)N2CCC[C@@H](C(=O)O)[C@H]2C)no1. The van der Waals surface area contributed by atoms with Gasteiger partial charge in [0, 0.05) is 18.7 Å². The van der Waals surface area contributed by atoms with Crippen LogP contribution in [0, 0.1) is 12.8 Å². The van der Waals surface area contributed by atoms with Crippen LogP contribution in [0.25, 0.3) is 0 Å². The van der Waals surface area contributed by atoms with E-state index in [4.69, 9.17) is 4.52 Å². The van der Waals surface area contributed by atoms with Gasteiger partial charge in [-0.15, -0.1) is 11.8 Å². The third-order valence-electron chi connectivity index (χ3n) is 3.98. The highest BCUT2D eigenvalue weighted by Crippen LogP contribution is 2.24. The summed E-state index contributed by atoms with van der Waals surface area (Å²) < 4.78 is 4.85. The number of nitrogens with one attached hydrogen (secondary N) is 1. The number of carboxylic acids is 1. The van der Waals surface area contributed by atoms with Gasteiger partial charge in [-0.3, -0.25) is 14.4 Å². The van der Waals surface area contributed by atoms with Crippen LogP contribution < -0.4 is 5.32 Å². The van der Waals surface area contributed by atoms with Crippen LogP contribution in [0.4, 0.5) is 5.82 Å². The summed E-state index contributed by atoms with van der Waals surface area (Å²) in [5, 5.41) is 15.4. The van der Waals surface area contributed by atoms with Gasteiger partial charge in [0.1, 0.15) is 5.76 Å². The lowest BCUT2D eigenvalue weighted by Gasteiger charge is -2.37. The van der Waals surface area contributed by atoms with Gasteiger partial charge >= 0.3 is 5.97 Å². The Hall–Kier alpha value is -2.03. The zero-order valence-electron chi connectivity index (χ0n) is 13.7. The highest BCUT2D eigenvalue weighted by molar-refractivity contribution is 8.00. The van der Waals surface area contributed by atoms with Crippen molar-refractivity contribution in [1.82, 2.24) is 10.1 Å². The van der Waals surface area contributed by atoms with Gasteiger partial charge in [0.15, 0.2) is 5.82 Å². The number of carbonyl (C=O) groups excluding carboxylic acids is 2. The molecule has 8 nitrogen and oxygen atoms in total. The standard InChI is InChI=1S/C15H21N3O5S/c1-9-6-12(17-23-9)16-13(19)7-24-8-14(20)18-5-3-4-11(10(18)2)15(21)22/h6,10-11H,3-5,7-8H2,1-2H3,(H,21,22)(H,16,17,19)/t10-,11-/m1/s1. The Morgan fingerprint density at radius 3 is 2.83 bits per heavy atom. The lowest BCUT2D eigenvalue weighted by molar-refractivity contribution is -0.148. The van der Waals surface area contributed by atoms with E-state index in [0.29, 0.717) is 31.0 Å². The van der Waals surface area contributed by atoms with Crippen LogP contribution in [0.5, 0.6) is 0 Å². The molecule has 0 spiro atoms. The van der Waals surface area contributed by atoms with E-state index in [-0.39, 0.29) is 29.4 Å².